The molecule has 0 aliphatic heterocycles. The van der Waals surface area contributed by atoms with E-state index in [9.17, 15) is 26.4 Å². The summed E-state index contributed by atoms with van der Waals surface area (Å²) >= 11 is 0. The molecule has 0 atom stereocenters. The maximum Gasteiger partial charge on any atom is 0.416 e. The van der Waals surface area contributed by atoms with Crippen LogP contribution in [0.15, 0.2) is 97.3 Å². The molecule has 1 heterocycles. The Labute approximate surface area is 218 Å². The van der Waals surface area contributed by atoms with Crippen LogP contribution in [-0.2, 0) is 29.2 Å². The Kier molecular flexibility index (Phi) is 7.82. The van der Waals surface area contributed by atoms with Crippen LogP contribution in [0.3, 0.4) is 0 Å². The molecule has 38 heavy (non-hydrogen) atoms. The van der Waals surface area contributed by atoms with E-state index in [1.54, 1.807) is 24.5 Å². The minimum absolute atomic E-state index is 0.100. The molecule has 0 aliphatic rings. The fraction of sp³-hybridized carbons (Fsp3) is 0.143. The summed E-state index contributed by atoms with van der Waals surface area (Å²) in [7, 11) is -3.89. The molecular formula is C28H24F3N3O3S. The van der Waals surface area contributed by atoms with Crippen LogP contribution in [0.2, 0.25) is 0 Å². The van der Waals surface area contributed by atoms with Gasteiger partial charge in [-0.1, -0.05) is 30.3 Å². The first-order valence-electron chi connectivity index (χ1n) is 11.5. The fourth-order valence-corrected chi connectivity index (χ4v) is 4.69. The lowest BCUT2D eigenvalue weighted by Crippen LogP contribution is -2.29. The zero-order chi connectivity index (χ0) is 27.3. The number of benzene rings is 3. The average molecular weight is 540 g/mol. The van der Waals surface area contributed by atoms with Gasteiger partial charge in [0.2, 0.25) is 10.0 Å². The number of aromatic nitrogens is 1. The number of hydrogen-bond acceptors (Lipinski definition) is 4. The van der Waals surface area contributed by atoms with Crippen molar-refractivity contribution in [2.24, 2.45) is 0 Å². The molecule has 0 saturated heterocycles. The molecule has 196 valence electrons. The van der Waals surface area contributed by atoms with Crippen LogP contribution in [0.1, 0.15) is 32.6 Å². The third-order valence-electron chi connectivity index (χ3n) is 5.77. The van der Waals surface area contributed by atoms with E-state index >= 15 is 0 Å². The van der Waals surface area contributed by atoms with Crippen molar-refractivity contribution in [3.05, 3.63) is 125 Å². The minimum atomic E-state index is -4.60. The first-order chi connectivity index (χ1) is 18.0. The second-order valence-corrected chi connectivity index (χ2v) is 10.6. The number of amides is 1. The zero-order valence-corrected chi connectivity index (χ0v) is 21.1. The Hall–Kier alpha value is -4.18. The Morgan fingerprint density at radius 3 is 2.08 bits per heavy atom. The van der Waals surface area contributed by atoms with Gasteiger partial charge >= 0.3 is 6.18 Å². The van der Waals surface area contributed by atoms with Crippen LogP contribution < -0.4 is 9.62 Å². The van der Waals surface area contributed by atoms with Gasteiger partial charge < -0.3 is 5.32 Å². The van der Waals surface area contributed by atoms with Crippen molar-refractivity contribution in [3.8, 4) is 0 Å². The number of carbonyl (C=O) groups is 1. The van der Waals surface area contributed by atoms with Gasteiger partial charge in [-0.05, 0) is 77.7 Å². The number of halogens is 3. The second kappa shape index (κ2) is 11.1. The summed E-state index contributed by atoms with van der Waals surface area (Å²) in [6.07, 6.45) is 0.535. The van der Waals surface area contributed by atoms with E-state index in [0.29, 0.717) is 16.8 Å². The van der Waals surface area contributed by atoms with Gasteiger partial charge in [0.05, 0.1) is 24.1 Å². The molecule has 0 unspecified atom stereocenters. The normalized spacial score (nSPS) is 11.7. The number of sulfonamides is 1. The second-order valence-electron chi connectivity index (χ2n) is 8.70. The van der Waals surface area contributed by atoms with Crippen molar-refractivity contribution in [2.45, 2.75) is 19.1 Å². The Balaban J connectivity index is 1.43. The van der Waals surface area contributed by atoms with Crippen molar-refractivity contribution in [1.82, 2.24) is 4.98 Å². The maximum absolute atomic E-state index is 13.1. The highest BCUT2D eigenvalue weighted by Gasteiger charge is 2.31. The lowest BCUT2D eigenvalue weighted by Gasteiger charge is -2.23. The van der Waals surface area contributed by atoms with Gasteiger partial charge in [0.1, 0.15) is 0 Å². The van der Waals surface area contributed by atoms with E-state index in [0.717, 1.165) is 46.3 Å². The minimum Gasteiger partial charge on any atom is -0.322 e. The fourth-order valence-electron chi connectivity index (χ4n) is 3.81. The molecular weight excluding hydrogens is 515 g/mol. The topological polar surface area (TPSA) is 79.4 Å². The Morgan fingerprint density at radius 2 is 1.47 bits per heavy atom. The predicted molar refractivity (Wildman–Crippen MR) is 140 cm³/mol. The number of pyridine rings is 1. The summed E-state index contributed by atoms with van der Waals surface area (Å²) < 4.78 is 65.0. The molecule has 3 aromatic carbocycles. The van der Waals surface area contributed by atoms with Gasteiger partial charge in [0.15, 0.2) is 0 Å². The van der Waals surface area contributed by atoms with Crippen LogP contribution >= 0.6 is 0 Å². The zero-order valence-electron chi connectivity index (χ0n) is 20.3. The summed E-state index contributed by atoms with van der Waals surface area (Å²) in [6, 6.07) is 21.7. The summed E-state index contributed by atoms with van der Waals surface area (Å²) in [5.41, 5.74) is 2.63. The third kappa shape index (κ3) is 6.98. The van der Waals surface area contributed by atoms with E-state index < -0.39 is 21.8 Å². The highest BCUT2D eigenvalue weighted by molar-refractivity contribution is 7.92. The number of carbonyl (C=O) groups excluding carboxylic acids is 1. The molecule has 0 bridgehead atoms. The van der Waals surface area contributed by atoms with Gasteiger partial charge in [-0.15, -0.1) is 0 Å². The van der Waals surface area contributed by atoms with E-state index in [2.05, 4.69) is 10.3 Å². The summed E-state index contributed by atoms with van der Waals surface area (Å²) in [5.74, 6) is -0.351. The quantitative estimate of drug-likeness (QED) is 0.302. The molecule has 1 N–H and O–H groups in total. The van der Waals surface area contributed by atoms with Crippen LogP contribution in [0, 0.1) is 0 Å². The van der Waals surface area contributed by atoms with Crippen molar-refractivity contribution >= 4 is 27.3 Å². The van der Waals surface area contributed by atoms with Crippen LogP contribution in [0.4, 0.5) is 24.5 Å². The number of hydrogen-bond donors (Lipinski definition) is 1. The van der Waals surface area contributed by atoms with Crippen molar-refractivity contribution in [3.63, 3.8) is 0 Å². The van der Waals surface area contributed by atoms with Crippen molar-refractivity contribution in [2.75, 3.05) is 15.9 Å². The monoisotopic (exact) mass is 539 g/mol. The van der Waals surface area contributed by atoms with Crippen molar-refractivity contribution in [1.29, 1.82) is 0 Å². The molecule has 0 spiro atoms. The Morgan fingerprint density at radius 1 is 0.868 bits per heavy atom. The molecule has 0 fully saturated rings. The van der Waals surface area contributed by atoms with Crippen LogP contribution in [0.5, 0.6) is 0 Å². The smallest absolute Gasteiger partial charge is 0.322 e. The van der Waals surface area contributed by atoms with Gasteiger partial charge in [-0.2, -0.15) is 13.2 Å². The van der Waals surface area contributed by atoms with Crippen LogP contribution in [0.25, 0.3) is 0 Å². The third-order valence-corrected chi connectivity index (χ3v) is 6.91. The van der Waals surface area contributed by atoms with E-state index in [-0.39, 0.29) is 18.1 Å². The average Bonchev–Trinajstić information content (AvgIpc) is 2.88. The SMILES string of the molecule is CS(=O)(=O)N(Cc1ccc(C(=O)Nc2ccc(Cc3ccncc3)cc2)cc1)c1cccc(C(F)(F)F)c1. The number of rotatable bonds is 8. The predicted octanol–water partition coefficient (Wildman–Crippen LogP) is 5.91. The highest BCUT2D eigenvalue weighted by atomic mass is 32.2. The molecule has 10 heteroatoms. The van der Waals surface area contributed by atoms with Gasteiger partial charge in [0, 0.05) is 23.6 Å². The first-order valence-corrected chi connectivity index (χ1v) is 13.4. The summed E-state index contributed by atoms with van der Waals surface area (Å²) in [6.45, 7) is -0.193. The number of alkyl halides is 3. The van der Waals surface area contributed by atoms with Crippen molar-refractivity contribution < 1.29 is 26.4 Å². The van der Waals surface area contributed by atoms with Gasteiger partial charge in [-0.3, -0.25) is 14.1 Å². The molecule has 0 aliphatic carbocycles. The number of nitrogens with zero attached hydrogens (tertiary/aromatic N) is 2. The van der Waals surface area contributed by atoms with Crippen LogP contribution in [-0.4, -0.2) is 25.6 Å². The highest BCUT2D eigenvalue weighted by Crippen LogP contribution is 2.32. The Bertz CT molecular complexity index is 1510. The molecule has 6 nitrogen and oxygen atoms in total. The first kappa shape index (κ1) is 26.9. The molecule has 4 rings (SSSR count). The molecule has 1 amide bonds. The van der Waals surface area contributed by atoms with E-state index in [1.165, 1.54) is 18.2 Å². The van der Waals surface area contributed by atoms with Gasteiger partial charge in [0.25, 0.3) is 5.91 Å². The summed E-state index contributed by atoms with van der Waals surface area (Å²) in [5, 5.41) is 2.82. The number of nitrogens with one attached hydrogen (secondary N) is 1. The molecule has 1 aromatic heterocycles. The molecule has 4 aromatic rings. The van der Waals surface area contributed by atoms with E-state index in [4.69, 9.17) is 0 Å². The maximum atomic E-state index is 13.1. The number of anilines is 2. The lowest BCUT2D eigenvalue weighted by molar-refractivity contribution is -0.137. The molecule has 0 radical (unpaired) electrons. The van der Waals surface area contributed by atoms with Gasteiger partial charge in [-0.25, -0.2) is 8.42 Å². The van der Waals surface area contributed by atoms with E-state index in [1.807, 2.05) is 36.4 Å². The largest absolute Gasteiger partial charge is 0.416 e. The standard InChI is InChI=1S/C28H24F3N3O3S/c1-38(36,37)34(26-4-2-3-24(18-26)28(29,30)31)19-22-5-9-23(10-6-22)27(35)33-25-11-7-20(8-12-25)17-21-13-15-32-16-14-21/h2-16,18H,17,19H2,1H3,(H,33,35). The summed E-state index contributed by atoms with van der Waals surface area (Å²) in [4.78, 5) is 16.7. The lowest BCUT2D eigenvalue weighted by atomic mass is 10.1. The molecule has 0 saturated carbocycles.